The molecule has 18 heavy (non-hydrogen) atoms. The number of carbonyl (C=O) groups is 1. The Morgan fingerprint density at radius 1 is 1.17 bits per heavy atom. The molecule has 0 bridgehead atoms. The highest BCUT2D eigenvalue weighted by atomic mass is 16.1. The van der Waals surface area contributed by atoms with E-state index in [1.165, 1.54) is 0 Å². The molecule has 1 aliphatic rings. The number of nitrogens with one attached hydrogen (secondary N) is 1. The van der Waals surface area contributed by atoms with Gasteiger partial charge in [0.25, 0.3) is 0 Å². The number of aromatic amines is 1. The maximum Gasteiger partial charge on any atom is 0.168 e. The molecule has 0 saturated heterocycles. The summed E-state index contributed by atoms with van der Waals surface area (Å²) in [4.78, 5) is 19.7. The van der Waals surface area contributed by atoms with Gasteiger partial charge in [0.05, 0.1) is 5.69 Å². The molecule has 2 heterocycles. The predicted molar refractivity (Wildman–Crippen MR) is 71.6 cm³/mol. The number of allylic oxidation sites excluding steroid dienone is 1. The van der Waals surface area contributed by atoms with E-state index in [0.717, 1.165) is 33.2 Å². The minimum Gasteiger partial charge on any atom is -0.339 e. The number of rotatable bonds is 0. The lowest BCUT2D eigenvalue weighted by Crippen LogP contribution is -2.05. The van der Waals surface area contributed by atoms with Crippen LogP contribution >= 0.6 is 0 Å². The molecule has 3 aromatic rings. The first kappa shape index (κ1) is 9.59. The Morgan fingerprint density at radius 2 is 2.06 bits per heavy atom. The lowest BCUT2D eigenvalue weighted by molar-refractivity contribution is 0.0994. The normalized spacial score (nSPS) is 14.3. The maximum absolute atomic E-state index is 11.9. The van der Waals surface area contributed by atoms with Gasteiger partial charge in [-0.15, -0.1) is 0 Å². The number of benzene rings is 1. The topological polar surface area (TPSA) is 45.8 Å². The van der Waals surface area contributed by atoms with Gasteiger partial charge < -0.3 is 4.98 Å². The summed E-state index contributed by atoms with van der Waals surface area (Å²) >= 11 is 0. The lowest BCUT2D eigenvalue weighted by atomic mass is 9.99. The number of nitrogens with zero attached hydrogens (tertiary/aromatic N) is 1. The Morgan fingerprint density at radius 3 is 3.00 bits per heavy atom. The van der Waals surface area contributed by atoms with Crippen LogP contribution in [0.2, 0.25) is 0 Å². The van der Waals surface area contributed by atoms with Crippen molar-refractivity contribution in [2.75, 3.05) is 0 Å². The Labute approximate surface area is 103 Å². The molecule has 2 aromatic heterocycles. The van der Waals surface area contributed by atoms with Crippen LogP contribution in [0.5, 0.6) is 0 Å². The zero-order chi connectivity index (χ0) is 12.1. The summed E-state index contributed by atoms with van der Waals surface area (Å²) in [6.07, 6.45) is 4.26. The standard InChI is InChI=1S/C15H10N2O/c18-14-7-3-6-13-11(14)8-10-9-4-1-2-5-12(9)16-15(10)17-13/h1-6,8H,7H2,(H,16,17). The van der Waals surface area contributed by atoms with Gasteiger partial charge in [0.15, 0.2) is 5.78 Å². The summed E-state index contributed by atoms with van der Waals surface area (Å²) in [5.74, 6) is 0.146. The third-order valence-electron chi connectivity index (χ3n) is 3.40. The lowest BCUT2D eigenvalue weighted by Gasteiger charge is -2.07. The number of hydrogen-bond donors (Lipinski definition) is 1. The second kappa shape index (κ2) is 3.29. The fraction of sp³-hybridized carbons (Fsp3) is 0.0667. The summed E-state index contributed by atoms with van der Waals surface area (Å²) in [6.45, 7) is 0. The average Bonchev–Trinajstić information content (AvgIpc) is 2.75. The van der Waals surface area contributed by atoms with Crippen molar-refractivity contribution in [1.29, 1.82) is 0 Å². The first-order chi connectivity index (χ1) is 8.83. The van der Waals surface area contributed by atoms with Gasteiger partial charge in [-0.3, -0.25) is 4.79 Å². The molecular formula is C15H10N2O. The molecule has 3 heteroatoms. The predicted octanol–water partition coefficient (Wildman–Crippen LogP) is 3.32. The van der Waals surface area contributed by atoms with Gasteiger partial charge in [0.2, 0.25) is 0 Å². The van der Waals surface area contributed by atoms with Crippen molar-refractivity contribution in [1.82, 2.24) is 9.97 Å². The van der Waals surface area contributed by atoms with Gasteiger partial charge in [0.1, 0.15) is 5.65 Å². The molecular weight excluding hydrogens is 224 g/mol. The van der Waals surface area contributed by atoms with E-state index < -0.39 is 0 Å². The second-order valence-electron chi connectivity index (χ2n) is 4.52. The van der Waals surface area contributed by atoms with E-state index in [9.17, 15) is 4.79 Å². The molecule has 0 radical (unpaired) electrons. The molecule has 0 aliphatic heterocycles. The Kier molecular flexibility index (Phi) is 1.75. The van der Waals surface area contributed by atoms with Crippen molar-refractivity contribution in [2.24, 2.45) is 0 Å². The van der Waals surface area contributed by atoms with E-state index in [4.69, 9.17) is 0 Å². The van der Waals surface area contributed by atoms with Gasteiger partial charge in [0, 0.05) is 28.3 Å². The molecule has 4 rings (SSSR count). The van der Waals surface area contributed by atoms with Crippen LogP contribution in [0.1, 0.15) is 22.5 Å². The number of aromatic nitrogens is 2. The third-order valence-corrected chi connectivity index (χ3v) is 3.40. The summed E-state index contributed by atoms with van der Waals surface area (Å²) in [6, 6.07) is 10.0. The first-order valence-corrected chi connectivity index (χ1v) is 5.94. The molecule has 1 aromatic carbocycles. The molecule has 1 N–H and O–H groups in total. The van der Waals surface area contributed by atoms with Gasteiger partial charge in [-0.25, -0.2) is 4.98 Å². The van der Waals surface area contributed by atoms with Crippen molar-refractivity contribution in [2.45, 2.75) is 6.42 Å². The molecule has 0 atom stereocenters. The zero-order valence-electron chi connectivity index (χ0n) is 9.60. The van der Waals surface area contributed by atoms with E-state index in [1.807, 2.05) is 42.5 Å². The zero-order valence-corrected chi connectivity index (χ0v) is 9.60. The number of fused-ring (bicyclic) bond motifs is 4. The van der Waals surface area contributed by atoms with E-state index in [1.54, 1.807) is 0 Å². The molecule has 0 spiro atoms. The largest absolute Gasteiger partial charge is 0.339 e. The number of Topliss-reactive ketones (excluding diaryl/α,β-unsaturated/α-hetero) is 1. The highest BCUT2D eigenvalue weighted by Gasteiger charge is 2.17. The van der Waals surface area contributed by atoms with Crippen LogP contribution < -0.4 is 0 Å². The SMILES string of the molecule is O=C1CC=Cc2nc3[nH]c4ccccc4c3cc21. The minimum absolute atomic E-state index is 0.146. The van der Waals surface area contributed by atoms with Gasteiger partial charge >= 0.3 is 0 Å². The fourth-order valence-corrected chi connectivity index (χ4v) is 2.52. The minimum atomic E-state index is 0.146. The van der Waals surface area contributed by atoms with Crippen molar-refractivity contribution in [3.8, 4) is 0 Å². The molecule has 3 nitrogen and oxygen atoms in total. The van der Waals surface area contributed by atoms with Crippen molar-refractivity contribution >= 4 is 33.8 Å². The van der Waals surface area contributed by atoms with Crippen LogP contribution in [-0.4, -0.2) is 15.8 Å². The fourth-order valence-electron chi connectivity index (χ4n) is 2.52. The van der Waals surface area contributed by atoms with Crippen molar-refractivity contribution < 1.29 is 4.79 Å². The quantitative estimate of drug-likeness (QED) is 0.648. The van der Waals surface area contributed by atoms with Crippen LogP contribution in [-0.2, 0) is 0 Å². The monoisotopic (exact) mass is 234 g/mol. The summed E-state index contributed by atoms with van der Waals surface area (Å²) in [7, 11) is 0. The van der Waals surface area contributed by atoms with E-state index in [-0.39, 0.29) is 5.78 Å². The number of pyridine rings is 1. The number of para-hydroxylation sites is 1. The third kappa shape index (κ3) is 1.19. The molecule has 0 fully saturated rings. The number of hydrogen-bond acceptors (Lipinski definition) is 2. The van der Waals surface area contributed by atoms with E-state index >= 15 is 0 Å². The van der Waals surface area contributed by atoms with Crippen LogP contribution in [0.25, 0.3) is 28.0 Å². The van der Waals surface area contributed by atoms with Crippen LogP contribution in [0.3, 0.4) is 0 Å². The molecule has 0 saturated carbocycles. The Bertz CT molecular complexity index is 827. The van der Waals surface area contributed by atoms with Gasteiger partial charge in [-0.2, -0.15) is 0 Å². The highest BCUT2D eigenvalue weighted by Crippen LogP contribution is 2.28. The molecule has 1 aliphatic carbocycles. The smallest absolute Gasteiger partial charge is 0.168 e. The summed E-state index contributed by atoms with van der Waals surface area (Å²) in [5, 5.41) is 2.14. The van der Waals surface area contributed by atoms with Gasteiger partial charge in [-0.1, -0.05) is 24.3 Å². The molecule has 86 valence electrons. The molecule has 0 amide bonds. The number of carbonyl (C=O) groups excluding carboxylic acids is 1. The van der Waals surface area contributed by atoms with Crippen LogP contribution in [0.4, 0.5) is 0 Å². The number of H-pyrrole nitrogens is 1. The van der Waals surface area contributed by atoms with Gasteiger partial charge in [-0.05, 0) is 18.2 Å². The van der Waals surface area contributed by atoms with Crippen LogP contribution in [0.15, 0.2) is 36.4 Å². The van der Waals surface area contributed by atoms with E-state index in [0.29, 0.717) is 6.42 Å². The first-order valence-electron chi connectivity index (χ1n) is 5.94. The van der Waals surface area contributed by atoms with Crippen LogP contribution in [0, 0.1) is 0 Å². The van der Waals surface area contributed by atoms with Crippen molar-refractivity contribution in [3.05, 3.63) is 47.7 Å². The summed E-state index contributed by atoms with van der Waals surface area (Å²) in [5.41, 5.74) is 3.40. The second-order valence-corrected chi connectivity index (χ2v) is 4.52. The van der Waals surface area contributed by atoms with E-state index in [2.05, 4.69) is 9.97 Å². The summed E-state index contributed by atoms with van der Waals surface area (Å²) < 4.78 is 0. The molecule has 0 unspecified atom stereocenters. The Hall–Kier alpha value is -2.42. The average molecular weight is 234 g/mol. The number of ketones is 1. The Balaban J connectivity index is 2.17. The highest BCUT2D eigenvalue weighted by molar-refractivity contribution is 6.11. The van der Waals surface area contributed by atoms with Crippen molar-refractivity contribution in [3.63, 3.8) is 0 Å². The maximum atomic E-state index is 11.9.